The number of benzene rings is 4. The molecule has 9 heteroatoms. The molecule has 0 radical (unpaired) electrons. The summed E-state index contributed by atoms with van der Waals surface area (Å²) >= 11 is 0. The fourth-order valence-electron chi connectivity index (χ4n) is 3.70. The van der Waals surface area contributed by atoms with Gasteiger partial charge in [0.15, 0.2) is 5.96 Å². The quantitative estimate of drug-likeness (QED) is 0.200. The Kier molecular flexibility index (Phi) is 9.46. The molecule has 6 N–H and O–H groups in total. The van der Waals surface area contributed by atoms with E-state index < -0.39 is 12.1 Å². The predicted molar refractivity (Wildman–Crippen MR) is 149 cm³/mol. The maximum Gasteiger partial charge on any atom is 0.408 e. The molecule has 0 bridgehead atoms. The summed E-state index contributed by atoms with van der Waals surface area (Å²) in [5, 5.41) is 7.67. The van der Waals surface area contributed by atoms with Crippen LogP contribution in [0.25, 0.3) is 10.8 Å². The van der Waals surface area contributed by atoms with Gasteiger partial charge < -0.3 is 26.8 Å². The number of rotatable bonds is 8. The lowest BCUT2D eigenvalue weighted by Crippen LogP contribution is -2.45. The van der Waals surface area contributed by atoms with Crippen LogP contribution < -0.4 is 22.1 Å². The Morgan fingerprint density at radius 2 is 1.49 bits per heavy atom. The van der Waals surface area contributed by atoms with Crippen molar-refractivity contribution < 1.29 is 14.3 Å². The third-order valence-corrected chi connectivity index (χ3v) is 5.47. The first-order valence-electron chi connectivity index (χ1n) is 11.4. The minimum atomic E-state index is -0.881. The number of nitrogens with zero attached hydrogens (tertiary/aromatic N) is 1. The van der Waals surface area contributed by atoms with Crippen molar-refractivity contribution in [2.24, 2.45) is 16.5 Å². The minimum Gasteiger partial charge on any atom is -0.445 e. The number of ether oxygens (including phenoxy) is 1. The number of nitrogens with two attached hydrogens (primary N) is 2. The van der Waals surface area contributed by atoms with Crippen LogP contribution in [0.4, 0.5) is 16.2 Å². The first-order chi connectivity index (χ1) is 17.5. The number of amides is 2. The van der Waals surface area contributed by atoms with Gasteiger partial charge in [-0.25, -0.2) is 9.79 Å². The van der Waals surface area contributed by atoms with E-state index in [1.807, 2.05) is 72.8 Å². The van der Waals surface area contributed by atoms with Crippen LogP contribution in [-0.4, -0.2) is 24.0 Å². The van der Waals surface area contributed by atoms with Gasteiger partial charge in [-0.3, -0.25) is 4.79 Å². The first kappa shape index (κ1) is 27.0. The van der Waals surface area contributed by atoms with Crippen molar-refractivity contribution in [3.05, 3.63) is 108 Å². The average Bonchev–Trinajstić information content (AvgIpc) is 2.88. The van der Waals surface area contributed by atoms with Crippen molar-refractivity contribution >= 4 is 52.5 Å². The standard InChI is InChI=1S/C28H27N5O3.ClH/c29-27(30)32-23-13-10-19(11-14-23)16-25(33-28(35)36-18-20-6-2-1-3-7-20)26(34)31-24-15-12-21-8-4-5-9-22(21)17-24;/h1-15,17,25H,16,18H2,(H,31,34)(H,33,35)(H4,29,30,32);1H. The molecule has 1 unspecified atom stereocenters. The van der Waals surface area contributed by atoms with Crippen LogP contribution in [0, 0.1) is 0 Å². The van der Waals surface area contributed by atoms with Gasteiger partial charge >= 0.3 is 6.09 Å². The maximum atomic E-state index is 13.2. The molecule has 0 spiro atoms. The molecule has 0 aliphatic carbocycles. The highest BCUT2D eigenvalue weighted by Crippen LogP contribution is 2.20. The third kappa shape index (κ3) is 7.98. The van der Waals surface area contributed by atoms with E-state index in [1.54, 1.807) is 24.3 Å². The molecule has 0 saturated heterocycles. The molecule has 0 saturated carbocycles. The van der Waals surface area contributed by atoms with E-state index in [1.165, 1.54) is 0 Å². The van der Waals surface area contributed by atoms with Crippen molar-refractivity contribution in [2.45, 2.75) is 19.1 Å². The van der Waals surface area contributed by atoms with E-state index >= 15 is 0 Å². The summed E-state index contributed by atoms with van der Waals surface area (Å²) in [6.45, 7) is 0.0961. The minimum absolute atomic E-state index is 0. The van der Waals surface area contributed by atoms with Crippen LogP contribution in [-0.2, 0) is 22.6 Å². The van der Waals surface area contributed by atoms with Crippen LogP contribution in [0.2, 0.25) is 0 Å². The topological polar surface area (TPSA) is 132 Å². The number of nitrogens with one attached hydrogen (secondary N) is 2. The van der Waals surface area contributed by atoms with E-state index in [4.69, 9.17) is 16.2 Å². The molecule has 4 rings (SSSR count). The lowest BCUT2D eigenvalue weighted by atomic mass is 10.0. The van der Waals surface area contributed by atoms with Gasteiger partial charge in [0.05, 0.1) is 5.69 Å². The van der Waals surface area contributed by atoms with Crippen molar-refractivity contribution in [1.29, 1.82) is 0 Å². The lowest BCUT2D eigenvalue weighted by Gasteiger charge is -2.19. The molecule has 8 nitrogen and oxygen atoms in total. The molecule has 4 aromatic carbocycles. The zero-order chi connectivity index (χ0) is 25.3. The summed E-state index contributed by atoms with van der Waals surface area (Å²) in [7, 11) is 0. The van der Waals surface area contributed by atoms with E-state index in [0.717, 1.165) is 21.9 Å². The smallest absolute Gasteiger partial charge is 0.408 e. The Bertz CT molecular complexity index is 1370. The monoisotopic (exact) mass is 517 g/mol. The van der Waals surface area contributed by atoms with Crippen molar-refractivity contribution in [1.82, 2.24) is 5.32 Å². The SMILES string of the molecule is Cl.NC(N)=Nc1ccc(CC(NC(=O)OCc2ccccc2)C(=O)Nc2ccc3ccccc3c2)cc1. The van der Waals surface area contributed by atoms with Gasteiger partial charge in [0.1, 0.15) is 12.6 Å². The molecule has 1 atom stereocenters. The van der Waals surface area contributed by atoms with Crippen molar-refractivity contribution in [3.8, 4) is 0 Å². The van der Waals surface area contributed by atoms with Crippen molar-refractivity contribution in [2.75, 3.05) is 5.32 Å². The summed E-state index contributed by atoms with van der Waals surface area (Å²) in [5.41, 5.74) is 13.7. The molecule has 0 fully saturated rings. The molecule has 37 heavy (non-hydrogen) atoms. The first-order valence-corrected chi connectivity index (χ1v) is 11.4. The molecule has 0 aliphatic rings. The van der Waals surface area contributed by atoms with Crippen LogP contribution >= 0.6 is 12.4 Å². The summed E-state index contributed by atoms with van der Waals surface area (Å²) in [6, 6.07) is 29.0. The summed E-state index contributed by atoms with van der Waals surface area (Å²) in [5.74, 6) is -0.409. The Hall–Kier alpha value is -4.56. The molecule has 2 amide bonds. The van der Waals surface area contributed by atoms with E-state index in [9.17, 15) is 9.59 Å². The largest absolute Gasteiger partial charge is 0.445 e. The van der Waals surface area contributed by atoms with Crippen LogP contribution in [0.3, 0.4) is 0 Å². The Balaban J connectivity index is 0.00000380. The van der Waals surface area contributed by atoms with E-state index in [-0.39, 0.29) is 37.3 Å². The highest BCUT2D eigenvalue weighted by molar-refractivity contribution is 5.98. The summed E-state index contributed by atoms with van der Waals surface area (Å²) in [4.78, 5) is 29.8. The second kappa shape index (κ2) is 12.9. The molecule has 190 valence electrons. The van der Waals surface area contributed by atoms with Gasteiger partial charge in [0, 0.05) is 12.1 Å². The number of hydrogen-bond donors (Lipinski definition) is 4. The highest BCUT2D eigenvalue weighted by Gasteiger charge is 2.22. The number of guanidine groups is 1. The van der Waals surface area contributed by atoms with Gasteiger partial charge in [-0.05, 0) is 46.2 Å². The van der Waals surface area contributed by atoms with Gasteiger partial charge in [0.2, 0.25) is 5.91 Å². The van der Waals surface area contributed by atoms with E-state index in [2.05, 4.69) is 15.6 Å². The number of fused-ring (bicyclic) bond motifs is 1. The summed E-state index contributed by atoms with van der Waals surface area (Å²) < 4.78 is 5.34. The van der Waals surface area contributed by atoms with Crippen molar-refractivity contribution in [3.63, 3.8) is 0 Å². The van der Waals surface area contributed by atoms with Crippen LogP contribution in [0.5, 0.6) is 0 Å². The molecular weight excluding hydrogens is 490 g/mol. The number of halogens is 1. The van der Waals surface area contributed by atoms with Gasteiger partial charge in [-0.15, -0.1) is 12.4 Å². The second-order valence-electron chi connectivity index (χ2n) is 8.22. The fraction of sp³-hybridized carbons (Fsp3) is 0.107. The van der Waals surface area contributed by atoms with E-state index in [0.29, 0.717) is 11.4 Å². The number of alkyl carbamates (subject to hydrolysis) is 1. The van der Waals surface area contributed by atoms with Gasteiger partial charge in [0.25, 0.3) is 0 Å². The van der Waals surface area contributed by atoms with Crippen LogP contribution in [0.15, 0.2) is 102 Å². The second-order valence-corrected chi connectivity index (χ2v) is 8.22. The molecule has 0 heterocycles. The van der Waals surface area contributed by atoms with Gasteiger partial charge in [-0.2, -0.15) is 0 Å². The molecule has 4 aromatic rings. The number of carbonyl (C=O) groups excluding carboxylic acids is 2. The normalized spacial score (nSPS) is 11.0. The molecular formula is C28H28ClN5O3. The maximum absolute atomic E-state index is 13.2. The average molecular weight is 518 g/mol. The zero-order valence-corrected chi connectivity index (χ0v) is 20.8. The Morgan fingerprint density at radius 3 is 2.19 bits per heavy atom. The molecule has 0 aromatic heterocycles. The zero-order valence-electron chi connectivity index (χ0n) is 20.0. The molecule has 0 aliphatic heterocycles. The highest BCUT2D eigenvalue weighted by atomic mass is 35.5. The Labute approximate surface area is 221 Å². The lowest BCUT2D eigenvalue weighted by molar-refractivity contribution is -0.118. The fourth-order valence-corrected chi connectivity index (χ4v) is 3.70. The predicted octanol–water partition coefficient (Wildman–Crippen LogP) is 4.64. The van der Waals surface area contributed by atoms with Gasteiger partial charge in [-0.1, -0.05) is 72.8 Å². The third-order valence-electron chi connectivity index (χ3n) is 5.47. The number of hydrogen-bond acceptors (Lipinski definition) is 4. The number of anilines is 1. The Morgan fingerprint density at radius 1 is 0.811 bits per heavy atom. The number of aliphatic imine (C=N–C) groups is 1. The summed E-state index contributed by atoms with van der Waals surface area (Å²) in [6.07, 6.45) is -0.447. The van der Waals surface area contributed by atoms with Crippen LogP contribution in [0.1, 0.15) is 11.1 Å². The number of carbonyl (C=O) groups is 2.